The van der Waals surface area contributed by atoms with Crippen molar-refractivity contribution in [2.45, 2.75) is 13.0 Å². The van der Waals surface area contributed by atoms with Crippen LogP contribution in [-0.2, 0) is 6.54 Å². The average molecular weight is 401 g/mol. The quantitative estimate of drug-likeness (QED) is 0.614. The lowest BCUT2D eigenvalue weighted by atomic mass is 10.2. The normalized spacial score (nSPS) is 10.4. The summed E-state index contributed by atoms with van der Waals surface area (Å²) in [6.07, 6.45) is 7.74. The molecule has 0 radical (unpaired) electrons. The molecule has 0 fully saturated rings. The minimum atomic E-state index is -0.145. The molecule has 1 amide bonds. The maximum Gasteiger partial charge on any atom is 0.252 e. The van der Waals surface area contributed by atoms with Gasteiger partial charge in [0.1, 0.15) is 5.75 Å². The van der Waals surface area contributed by atoms with E-state index in [0.717, 1.165) is 17.4 Å². The molecule has 0 saturated heterocycles. The molecule has 0 aliphatic rings. The fraction of sp³-hybridized carbons (Fsp3) is 0.167. The van der Waals surface area contributed by atoms with Gasteiger partial charge in [-0.15, -0.1) is 0 Å². The molecule has 1 N–H and O–H groups in total. The first-order valence-electron chi connectivity index (χ1n) is 7.84. The zero-order valence-electron chi connectivity index (χ0n) is 13.4. The second-order valence-electron chi connectivity index (χ2n) is 5.35. The summed E-state index contributed by atoms with van der Waals surface area (Å²) in [6.45, 7) is 1.41. The number of hydrogen-bond donors (Lipinski definition) is 1. The van der Waals surface area contributed by atoms with Crippen LogP contribution in [0.25, 0.3) is 0 Å². The van der Waals surface area contributed by atoms with Gasteiger partial charge in [-0.2, -0.15) is 0 Å². The van der Waals surface area contributed by atoms with E-state index in [0.29, 0.717) is 23.7 Å². The van der Waals surface area contributed by atoms with Crippen molar-refractivity contribution in [3.05, 3.63) is 71.4 Å². The number of pyridine rings is 1. The zero-order valence-corrected chi connectivity index (χ0v) is 15.0. The number of ether oxygens (including phenoxy) is 1. The molecule has 3 aromatic rings. The van der Waals surface area contributed by atoms with Gasteiger partial charge in [0.05, 0.1) is 11.9 Å². The second kappa shape index (κ2) is 8.43. The summed E-state index contributed by atoms with van der Waals surface area (Å²) in [5.74, 6) is 0.986. The van der Waals surface area contributed by atoms with Crippen molar-refractivity contribution < 1.29 is 9.53 Å². The van der Waals surface area contributed by atoms with Crippen molar-refractivity contribution in [1.29, 1.82) is 0 Å². The van der Waals surface area contributed by atoms with Crippen LogP contribution in [0.15, 0.2) is 65.8 Å². The zero-order chi connectivity index (χ0) is 17.5. The standard InChI is InChI=1S/C18H17BrN4O2/c19-15-3-5-16(6-4-15)25-17-7-2-14(12-22-17)18(24)21-8-1-10-23-11-9-20-13-23/h2-7,9,11-13H,1,8,10H2,(H,21,24). The first-order chi connectivity index (χ1) is 12.2. The van der Waals surface area contributed by atoms with E-state index in [-0.39, 0.29) is 5.91 Å². The average Bonchev–Trinajstić information content (AvgIpc) is 3.15. The Morgan fingerprint density at radius 2 is 2.04 bits per heavy atom. The maximum atomic E-state index is 12.1. The lowest BCUT2D eigenvalue weighted by Gasteiger charge is -2.07. The van der Waals surface area contributed by atoms with E-state index in [1.807, 2.05) is 35.0 Å². The fourth-order valence-electron chi connectivity index (χ4n) is 2.18. The maximum absolute atomic E-state index is 12.1. The molecule has 0 spiro atoms. The summed E-state index contributed by atoms with van der Waals surface area (Å²) in [4.78, 5) is 20.3. The summed E-state index contributed by atoms with van der Waals surface area (Å²) in [5.41, 5.74) is 0.505. The smallest absolute Gasteiger partial charge is 0.252 e. The van der Waals surface area contributed by atoms with E-state index in [1.54, 1.807) is 24.7 Å². The monoisotopic (exact) mass is 400 g/mol. The molecule has 128 valence electrons. The van der Waals surface area contributed by atoms with Gasteiger partial charge in [0.2, 0.25) is 5.88 Å². The van der Waals surface area contributed by atoms with Gasteiger partial charge in [0.25, 0.3) is 5.91 Å². The fourth-order valence-corrected chi connectivity index (χ4v) is 2.45. The minimum absolute atomic E-state index is 0.145. The number of benzene rings is 1. The highest BCUT2D eigenvalue weighted by atomic mass is 79.9. The summed E-state index contributed by atoms with van der Waals surface area (Å²) >= 11 is 3.37. The number of imidazole rings is 1. The van der Waals surface area contributed by atoms with E-state index in [9.17, 15) is 4.79 Å². The first-order valence-corrected chi connectivity index (χ1v) is 8.63. The predicted octanol–water partition coefficient (Wildman–Crippen LogP) is 3.65. The molecule has 7 heteroatoms. The number of nitrogens with zero attached hydrogens (tertiary/aromatic N) is 3. The Kier molecular flexibility index (Phi) is 5.79. The van der Waals surface area contributed by atoms with E-state index in [2.05, 4.69) is 31.2 Å². The van der Waals surface area contributed by atoms with Crippen molar-refractivity contribution in [3.8, 4) is 11.6 Å². The van der Waals surface area contributed by atoms with E-state index in [4.69, 9.17) is 4.74 Å². The van der Waals surface area contributed by atoms with Crippen LogP contribution in [-0.4, -0.2) is 27.0 Å². The molecule has 1 aromatic carbocycles. The Morgan fingerprint density at radius 1 is 1.20 bits per heavy atom. The number of carbonyl (C=O) groups is 1. The van der Waals surface area contributed by atoms with Crippen LogP contribution < -0.4 is 10.1 Å². The summed E-state index contributed by atoms with van der Waals surface area (Å²) in [7, 11) is 0. The molecule has 3 rings (SSSR count). The van der Waals surface area contributed by atoms with Gasteiger partial charge in [0, 0.05) is 42.2 Å². The Balaban J connectivity index is 1.47. The van der Waals surface area contributed by atoms with Crippen molar-refractivity contribution >= 4 is 21.8 Å². The van der Waals surface area contributed by atoms with Crippen molar-refractivity contribution in [3.63, 3.8) is 0 Å². The molecular formula is C18H17BrN4O2. The van der Waals surface area contributed by atoms with E-state index >= 15 is 0 Å². The number of carbonyl (C=O) groups excluding carboxylic acids is 1. The Morgan fingerprint density at radius 3 is 2.72 bits per heavy atom. The summed E-state index contributed by atoms with van der Waals surface area (Å²) in [5, 5.41) is 2.88. The van der Waals surface area contributed by atoms with Crippen molar-refractivity contribution in [2.24, 2.45) is 0 Å². The van der Waals surface area contributed by atoms with Gasteiger partial charge in [-0.05, 0) is 36.8 Å². The SMILES string of the molecule is O=C(NCCCn1ccnc1)c1ccc(Oc2ccc(Br)cc2)nc1. The molecule has 0 saturated carbocycles. The predicted molar refractivity (Wildman–Crippen MR) is 97.6 cm³/mol. The van der Waals surface area contributed by atoms with Crippen LogP contribution in [0.4, 0.5) is 0 Å². The van der Waals surface area contributed by atoms with Crippen molar-refractivity contribution in [2.75, 3.05) is 6.54 Å². The lowest BCUT2D eigenvalue weighted by Crippen LogP contribution is -2.25. The molecule has 2 heterocycles. The number of aryl methyl sites for hydroxylation is 1. The Hall–Kier alpha value is -2.67. The number of aromatic nitrogens is 3. The number of amides is 1. The second-order valence-corrected chi connectivity index (χ2v) is 6.27. The molecular weight excluding hydrogens is 384 g/mol. The molecule has 0 aliphatic heterocycles. The Bertz CT molecular complexity index is 802. The Labute approximate surface area is 154 Å². The molecule has 0 aliphatic carbocycles. The summed E-state index contributed by atoms with van der Waals surface area (Å²) < 4.78 is 8.59. The van der Waals surface area contributed by atoms with Crippen molar-refractivity contribution in [1.82, 2.24) is 19.9 Å². The highest BCUT2D eigenvalue weighted by Crippen LogP contribution is 2.21. The topological polar surface area (TPSA) is 69.0 Å². The highest BCUT2D eigenvalue weighted by Gasteiger charge is 2.06. The van der Waals surface area contributed by atoms with E-state index < -0.39 is 0 Å². The van der Waals surface area contributed by atoms with Crippen LogP contribution in [0.1, 0.15) is 16.8 Å². The van der Waals surface area contributed by atoms with Gasteiger partial charge in [-0.1, -0.05) is 15.9 Å². The van der Waals surface area contributed by atoms with Crippen LogP contribution in [0.3, 0.4) is 0 Å². The third-order valence-corrected chi connectivity index (χ3v) is 4.00. The largest absolute Gasteiger partial charge is 0.439 e. The number of nitrogens with one attached hydrogen (secondary N) is 1. The molecule has 6 nitrogen and oxygen atoms in total. The summed E-state index contributed by atoms with van der Waals surface area (Å²) in [6, 6.07) is 10.8. The highest BCUT2D eigenvalue weighted by molar-refractivity contribution is 9.10. The molecule has 0 bridgehead atoms. The number of halogens is 1. The van der Waals surface area contributed by atoms with Gasteiger partial charge >= 0.3 is 0 Å². The third kappa shape index (κ3) is 5.15. The molecule has 2 aromatic heterocycles. The molecule has 0 atom stereocenters. The minimum Gasteiger partial charge on any atom is -0.439 e. The van der Waals surface area contributed by atoms with Gasteiger partial charge in [-0.25, -0.2) is 9.97 Å². The van der Waals surface area contributed by atoms with Crippen LogP contribution in [0, 0.1) is 0 Å². The molecule has 25 heavy (non-hydrogen) atoms. The molecule has 0 unspecified atom stereocenters. The number of rotatable bonds is 7. The van der Waals surface area contributed by atoms with Gasteiger partial charge in [-0.3, -0.25) is 4.79 Å². The first kappa shape index (κ1) is 17.2. The third-order valence-electron chi connectivity index (χ3n) is 3.47. The van der Waals surface area contributed by atoms with Gasteiger partial charge in [0.15, 0.2) is 0 Å². The van der Waals surface area contributed by atoms with Crippen LogP contribution >= 0.6 is 15.9 Å². The van der Waals surface area contributed by atoms with Crippen LogP contribution in [0.5, 0.6) is 11.6 Å². The lowest BCUT2D eigenvalue weighted by molar-refractivity contribution is 0.0952. The number of hydrogen-bond acceptors (Lipinski definition) is 4. The van der Waals surface area contributed by atoms with Gasteiger partial charge < -0.3 is 14.6 Å². The van der Waals surface area contributed by atoms with Crippen LogP contribution in [0.2, 0.25) is 0 Å². The van der Waals surface area contributed by atoms with E-state index in [1.165, 1.54) is 6.20 Å².